The van der Waals surface area contributed by atoms with Gasteiger partial charge >= 0.3 is 0 Å². The molecule has 1 heterocycles. The Balaban J connectivity index is 1.93. The van der Waals surface area contributed by atoms with E-state index >= 15 is 0 Å². The highest BCUT2D eigenvalue weighted by molar-refractivity contribution is 5.92. The lowest BCUT2D eigenvalue weighted by Gasteiger charge is -2.29. The maximum atomic E-state index is 11.6. The van der Waals surface area contributed by atoms with Gasteiger partial charge in [0.2, 0.25) is 5.91 Å². The summed E-state index contributed by atoms with van der Waals surface area (Å²) in [6.45, 7) is 4.42. The first-order valence-electron chi connectivity index (χ1n) is 5.99. The van der Waals surface area contributed by atoms with Crippen LogP contribution < -0.4 is 4.74 Å². The lowest BCUT2D eigenvalue weighted by atomic mass is 10.2. The molecule has 1 aromatic rings. The van der Waals surface area contributed by atoms with Crippen LogP contribution in [0, 0.1) is 0 Å². The fourth-order valence-corrected chi connectivity index (χ4v) is 1.65. The van der Waals surface area contributed by atoms with Crippen molar-refractivity contribution in [3.63, 3.8) is 0 Å². The second kappa shape index (κ2) is 5.53. The lowest BCUT2D eigenvalue weighted by Crippen LogP contribution is -2.40. The molecule has 0 radical (unpaired) electrons. The van der Waals surface area contributed by atoms with Gasteiger partial charge in [-0.25, -0.2) is 0 Å². The lowest BCUT2D eigenvalue weighted by molar-refractivity contribution is -0.129. The summed E-state index contributed by atoms with van der Waals surface area (Å²) in [5.74, 6) is 0.962. The van der Waals surface area contributed by atoms with Crippen LogP contribution >= 0.6 is 0 Å². The van der Waals surface area contributed by atoms with Crippen molar-refractivity contribution in [2.45, 2.75) is 13.3 Å². The van der Waals surface area contributed by atoms with Gasteiger partial charge in [-0.1, -0.05) is 12.1 Å². The van der Waals surface area contributed by atoms with Crippen molar-refractivity contribution in [1.29, 1.82) is 0 Å². The maximum Gasteiger partial charge on any atom is 0.246 e. The molecule has 1 amide bonds. The molecule has 17 heavy (non-hydrogen) atoms. The van der Waals surface area contributed by atoms with Crippen LogP contribution in [0.25, 0.3) is 6.08 Å². The summed E-state index contributed by atoms with van der Waals surface area (Å²) in [7, 11) is 0. The highest BCUT2D eigenvalue weighted by Gasteiger charge is 2.17. The number of ether oxygens (including phenoxy) is 1. The molecule has 0 N–H and O–H groups in total. The van der Waals surface area contributed by atoms with Gasteiger partial charge in [0.15, 0.2) is 0 Å². The molecule has 1 aliphatic heterocycles. The van der Waals surface area contributed by atoms with Crippen LogP contribution in [0.3, 0.4) is 0 Å². The van der Waals surface area contributed by atoms with E-state index in [2.05, 4.69) is 0 Å². The Labute approximate surface area is 102 Å². The van der Waals surface area contributed by atoms with E-state index in [0.29, 0.717) is 6.61 Å². The normalized spacial score (nSPS) is 14.8. The number of carbonyl (C=O) groups excluding carboxylic acids is 1. The molecule has 3 heteroatoms. The van der Waals surface area contributed by atoms with Gasteiger partial charge in [0.05, 0.1) is 6.61 Å². The van der Waals surface area contributed by atoms with E-state index in [1.54, 1.807) is 6.08 Å². The molecule has 0 atom stereocenters. The molecule has 1 saturated heterocycles. The first kappa shape index (κ1) is 11.7. The standard InChI is InChI=1S/C14H17NO2/c1-2-17-13-7-4-12(5-8-13)6-9-14(16)15-10-3-11-15/h4-9H,2-3,10-11H2,1H3/b9-6+. The summed E-state index contributed by atoms with van der Waals surface area (Å²) >= 11 is 0. The summed E-state index contributed by atoms with van der Waals surface area (Å²) < 4.78 is 5.35. The first-order valence-corrected chi connectivity index (χ1v) is 5.99. The third-order valence-corrected chi connectivity index (χ3v) is 2.78. The number of likely N-dealkylation sites (tertiary alicyclic amines) is 1. The molecule has 1 aromatic carbocycles. The minimum absolute atomic E-state index is 0.102. The van der Waals surface area contributed by atoms with Crippen LogP contribution in [-0.4, -0.2) is 30.5 Å². The fraction of sp³-hybridized carbons (Fsp3) is 0.357. The smallest absolute Gasteiger partial charge is 0.246 e. The summed E-state index contributed by atoms with van der Waals surface area (Å²) in [6.07, 6.45) is 4.61. The molecule has 0 spiro atoms. The van der Waals surface area contributed by atoms with E-state index in [0.717, 1.165) is 30.8 Å². The second-order valence-corrected chi connectivity index (χ2v) is 4.01. The summed E-state index contributed by atoms with van der Waals surface area (Å²) in [4.78, 5) is 13.4. The molecule has 1 aliphatic rings. The average molecular weight is 231 g/mol. The number of amides is 1. The molecule has 1 fully saturated rings. The highest BCUT2D eigenvalue weighted by Crippen LogP contribution is 2.13. The van der Waals surface area contributed by atoms with Crippen molar-refractivity contribution < 1.29 is 9.53 Å². The number of carbonyl (C=O) groups is 1. The Morgan fingerprint density at radius 2 is 2.06 bits per heavy atom. The van der Waals surface area contributed by atoms with Crippen LogP contribution in [0.5, 0.6) is 5.75 Å². The van der Waals surface area contributed by atoms with Crippen molar-refractivity contribution in [3.05, 3.63) is 35.9 Å². The van der Waals surface area contributed by atoms with Gasteiger partial charge in [-0.2, -0.15) is 0 Å². The van der Waals surface area contributed by atoms with E-state index in [9.17, 15) is 4.79 Å². The van der Waals surface area contributed by atoms with Gasteiger partial charge in [-0.3, -0.25) is 4.79 Å². The number of hydrogen-bond donors (Lipinski definition) is 0. The quantitative estimate of drug-likeness (QED) is 0.744. The first-order chi connectivity index (χ1) is 8.29. The van der Waals surface area contributed by atoms with Crippen molar-refractivity contribution in [2.75, 3.05) is 19.7 Å². The van der Waals surface area contributed by atoms with E-state index in [1.807, 2.05) is 42.2 Å². The molecule has 90 valence electrons. The number of hydrogen-bond acceptors (Lipinski definition) is 2. The Bertz CT molecular complexity index is 405. The molecule has 0 bridgehead atoms. The zero-order valence-corrected chi connectivity index (χ0v) is 10.1. The van der Waals surface area contributed by atoms with Crippen LogP contribution in [0.2, 0.25) is 0 Å². The van der Waals surface area contributed by atoms with E-state index in [1.165, 1.54) is 0 Å². The van der Waals surface area contributed by atoms with Gasteiger partial charge < -0.3 is 9.64 Å². The number of benzene rings is 1. The molecule has 0 aromatic heterocycles. The van der Waals surface area contributed by atoms with E-state index in [4.69, 9.17) is 4.74 Å². The Morgan fingerprint density at radius 1 is 1.35 bits per heavy atom. The predicted molar refractivity (Wildman–Crippen MR) is 67.8 cm³/mol. The second-order valence-electron chi connectivity index (χ2n) is 4.01. The van der Waals surface area contributed by atoms with Crippen molar-refractivity contribution in [1.82, 2.24) is 4.90 Å². The third kappa shape index (κ3) is 3.09. The molecular weight excluding hydrogens is 214 g/mol. The summed E-state index contributed by atoms with van der Waals surface area (Å²) in [5, 5.41) is 0. The third-order valence-electron chi connectivity index (χ3n) is 2.78. The van der Waals surface area contributed by atoms with Gasteiger partial charge in [0.1, 0.15) is 5.75 Å². The SMILES string of the molecule is CCOc1ccc(/C=C/C(=O)N2CCC2)cc1. The predicted octanol–water partition coefficient (Wildman–Crippen LogP) is 2.33. The van der Waals surface area contributed by atoms with Crippen LogP contribution in [0.15, 0.2) is 30.3 Å². The van der Waals surface area contributed by atoms with Crippen molar-refractivity contribution in [3.8, 4) is 5.75 Å². The van der Waals surface area contributed by atoms with Crippen LogP contribution in [0.1, 0.15) is 18.9 Å². The minimum atomic E-state index is 0.102. The van der Waals surface area contributed by atoms with E-state index in [-0.39, 0.29) is 5.91 Å². The van der Waals surface area contributed by atoms with Gasteiger partial charge in [-0.15, -0.1) is 0 Å². The summed E-state index contributed by atoms with van der Waals surface area (Å²) in [6, 6.07) is 7.73. The summed E-state index contributed by atoms with van der Waals surface area (Å²) in [5.41, 5.74) is 1.02. The zero-order valence-electron chi connectivity index (χ0n) is 10.1. The van der Waals surface area contributed by atoms with Crippen molar-refractivity contribution >= 4 is 12.0 Å². The Kier molecular flexibility index (Phi) is 3.81. The molecule has 0 unspecified atom stereocenters. The largest absolute Gasteiger partial charge is 0.494 e. The fourth-order valence-electron chi connectivity index (χ4n) is 1.65. The van der Waals surface area contributed by atoms with Gasteiger partial charge in [0.25, 0.3) is 0 Å². The van der Waals surface area contributed by atoms with E-state index < -0.39 is 0 Å². The monoisotopic (exact) mass is 231 g/mol. The van der Waals surface area contributed by atoms with Gasteiger partial charge in [-0.05, 0) is 37.1 Å². The maximum absolute atomic E-state index is 11.6. The minimum Gasteiger partial charge on any atom is -0.494 e. The molecule has 0 saturated carbocycles. The van der Waals surface area contributed by atoms with Crippen LogP contribution in [-0.2, 0) is 4.79 Å². The Hall–Kier alpha value is -1.77. The number of rotatable bonds is 4. The highest BCUT2D eigenvalue weighted by atomic mass is 16.5. The molecular formula is C14H17NO2. The van der Waals surface area contributed by atoms with Crippen molar-refractivity contribution in [2.24, 2.45) is 0 Å². The van der Waals surface area contributed by atoms with Gasteiger partial charge in [0, 0.05) is 19.2 Å². The zero-order chi connectivity index (χ0) is 12.1. The molecule has 3 nitrogen and oxygen atoms in total. The molecule has 2 rings (SSSR count). The number of nitrogens with zero attached hydrogens (tertiary/aromatic N) is 1. The Morgan fingerprint density at radius 3 is 2.59 bits per heavy atom. The molecule has 0 aliphatic carbocycles. The average Bonchev–Trinajstić information content (AvgIpc) is 2.26. The van der Waals surface area contributed by atoms with Crippen LogP contribution in [0.4, 0.5) is 0 Å². The topological polar surface area (TPSA) is 29.5 Å².